The molecule has 2 atom stereocenters. The number of anilines is 1. The molecule has 1 aromatic rings. The number of halogens is 2. The van der Waals surface area contributed by atoms with Gasteiger partial charge in [-0.3, -0.25) is 0 Å². The van der Waals surface area contributed by atoms with E-state index in [0.717, 1.165) is 13.0 Å². The summed E-state index contributed by atoms with van der Waals surface area (Å²) in [7, 11) is 0. The van der Waals surface area contributed by atoms with Gasteiger partial charge in [0.1, 0.15) is 17.3 Å². The zero-order chi connectivity index (χ0) is 15.4. The van der Waals surface area contributed by atoms with E-state index in [9.17, 15) is 8.78 Å². The minimum absolute atomic E-state index is 0.0292. The van der Waals surface area contributed by atoms with Gasteiger partial charge in [0, 0.05) is 19.6 Å². The van der Waals surface area contributed by atoms with Crippen molar-refractivity contribution in [1.82, 2.24) is 5.32 Å². The normalized spacial score (nSPS) is 22.6. The summed E-state index contributed by atoms with van der Waals surface area (Å²) in [4.78, 5) is 1.74. The van der Waals surface area contributed by atoms with Crippen molar-refractivity contribution >= 4 is 5.69 Å². The van der Waals surface area contributed by atoms with E-state index in [4.69, 9.17) is 4.74 Å². The Hall–Kier alpha value is -1.20. The van der Waals surface area contributed by atoms with Crippen LogP contribution in [0.4, 0.5) is 14.5 Å². The highest BCUT2D eigenvalue weighted by Crippen LogP contribution is 2.28. The van der Waals surface area contributed by atoms with E-state index in [2.05, 4.69) is 12.2 Å². The Balaban J connectivity index is 2.16. The Morgan fingerprint density at radius 1 is 1.19 bits per heavy atom. The maximum absolute atomic E-state index is 14.3. The Kier molecular flexibility index (Phi) is 5.53. The lowest BCUT2D eigenvalue weighted by atomic mass is 10.1. The molecule has 0 bridgehead atoms. The number of hydrogen-bond donors (Lipinski definition) is 1. The quantitative estimate of drug-likeness (QED) is 0.846. The van der Waals surface area contributed by atoms with Gasteiger partial charge in [-0.2, -0.15) is 0 Å². The Morgan fingerprint density at radius 2 is 1.76 bits per heavy atom. The highest BCUT2D eigenvalue weighted by atomic mass is 19.1. The lowest BCUT2D eigenvalue weighted by Crippen LogP contribution is -2.46. The molecule has 118 valence electrons. The molecule has 1 heterocycles. The molecule has 0 radical (unpaired) electrons. The van der Waals surface area contributed by atoms with Crippen LogP contribution in [0.15, 0.2) is 12.1 Å². The molecular formula is C16H24F2N2O. The summed E-state index contributed by atoms with van der Waals surface area (Å²) in [5, 5.41) is 3.15. The molecule has 1 aliphatic heterocycles. The number of rotatable bonds is 5. The molecule has 21 heavy (non-hydrogen) atoms. The number of nitrogens with zero attached hydrogens (tertiary/aromatic N) is 1. The summed E-state index contributed by atoms with van der Waals surface area (Å²) in [5.41, 5.74) is 0.702. The summed E-state index contributed by atoms with van der Waals surface area (Å²) in [5.74, 6) is -0.991. The second-order valence-corrected chi connectivity index (χ2v) is 5.75. The van der Waals surface area contributed by atoms with E-state index in [1.807, 2.05) is 13.8 Å². The average molecular weight is 298 g/mol. The summed E-state index contributed by atoms with van der Waals surface area (Å²) in [6, 6.07) is 2.84. The maximum Gasteiger partial charge on any atom is 0.149 e. The molecular weight excluding hydrogens is 274 g/mol. The predicted octanol–water partition coefficient (Wildman–Crippen LogP) is 3.08. The first kappa shape index (κ1) is 16.2. The van der Waals surface area contributed by atoms with Crippen molar-refractivity contribution in [3.05, 3.63) is 29.3 Å². The molecule has 1 aromatic carbocycles. The minimum atomic E-state index is -0.496. The molecule has 2 unspecified atom stereocenters. The molecule has 0 amide bonds. The smallest absolute Gasteiger partial charge is 0.149 e. The van der Waals surface area contributed by atoms with Gasteiger partial charge in [-0.05, 0) is 44.5 Å². The average Bonchev–Trinajstić information content (AvgIpc) is 2.37. The van der Waals surface area contributed by atoms with Gasteiger partial charge in [-0.15, -0.1) is 0 Å². The summed E-state index contributed by atoms with van der Waals surface area (Å²) < 4.78 is 34.2. The van der Waals surface area contributed by atoms with Crippen molar-refractivity contribution in [3.63, 3.8) is 0 Å². The Labute approximate surface area is 125 Å². The third-order valence-electron chi connectivity index (χ3n) is 3.57. The zero-order valence-corrected chi connectivity index (χ0v) is 13.0. The molecule has 1 saturated heterocycles. The largest absolute Gasteiger partial charge is 0.372 e. The van der Waals surface area contributed by atoms with Gasteiger partial charge < -0.3 is 15.0 Å². The highest BCUT2D eigenvalue weighted by Gasteiger charge is 2.26. The van der Waals surface area contributed by atoms with Gasteiger partial charge >= 0.3 is 0 Å². The van der Waals surface area contributed by atoms with E-state index in [0.29, 0.717) is 25.2 Å². The third-order valence-corrected chi connectivity index (χ3v) is 3.57. The van der Waals surface area contributed by atoms with Crippen molar-refractivity contribution in [1.29, 1.82) is 0 Å². The van der Waals surface area contributed by atoms with E-state index in [-0.39, 0.29) is 17.9 Å². The van der Waals surface area contributed by atoms with Gasteiger partial charge in [-0.1, -0.05) is 6.92 Å². The first-order valence-corrected chi connectivity index (χ1v) is 7.60. The fraction of sp³-hybridized carbons (Fsp3) is 0.625. The summed E-state index contributed by atoms with van der Waals surface area (Å²) in [6.45, 7) is 8.22. The summed E-state index contributed by atoms with van der Waals surface area (Å²) in [6.07, 6.45) is 0.934. The first-order chi connectivity index (χ1) is 10.0. The van der Waals surface area contributed by atoms with Crippen LogP contribution in [-0.4, -0.2) is 31.8 Å². The molecule has 3 nitrogen and oxygen atoms in total. The lowest BCUT2D eigenvalue weighted by Gasteiger charge is -2.37. The van der Waals surface area contributed by atoms with Gasteiger partial charge in [0.25, 0.3) is 0 Å². The van der Waals surface area contributed by atoms with Crippen molar-refractivity contribution in [2.75, 3.05) is 24.5 Å². The van der Waals surface area contributed by atoms with Crippen molar-refractivity contribution in [2.45, 2.75) is 45.9 Å². The highest BCUT2D eigenvalue weighted by molar-refractivity contribution is 5.51. The second kappa shape index (κ2) is 7.18. The van der Waals surface area contributed by atoms with Crippen molar-refractivity contribution in [3.8, 4) is 0 Å². The van der Waals surface area contributed by atoms with E-state index < -0.39 is 11.6 Å². The van der Waals surface area contributed by atoms with E-state index in [1.165, 1.54) is 12.1 Å². The van der Waals surface area contributed by atoms with Crippen molar-refractivity contribution in [2.24, 2.45) is 0 Å². The third kappa shape index (κ3) is 4.14. The molecule has 0 aliphatic carbocycles. The number of benzene rings is 1. The number of nitrogens with one attached hydrogen (secondary N) is 1. The molecule has 5 heteroatoms. The fourth-order valence-electron chi connectivity index (χ4n) is 2.79. The van der Waals surface area contributed by atoms with Crippen LogP contribution in [0.25, 0.3) is 0 Å². The zero-order valence-electron chi connectivity index (χ0n) is 13.0. The van der Waals surface area contributed by atoms with Crippen LogP contribution < -0.4 is 10.2 Å². The minimum Gasteiger partial charge on any atom is -0.372 e. The molecule has 0 saturated carbocycles. The van der Waals surface area contributed by atoms with Crippen LogP contribution in [0.1, 0.15) is 32.8 Å². The molecule has 1 N–H and O–H groups in total. The standard InChI is InChI=1S/C16H24F2N2O/c1-4-5-19-8-13-6-14(17)16(15(18)7-13)20-9-11(2)21-12(3)10-20/h6-7,11-12,19H,4-5,8-10H2,1-3H3. The van der Waals surface area contributed by atoms with E-state index >= 15 is 0 Å². The van der Waals surface area contributed by atoms with Gasteiger partial charge in [0.05, 0.1) is 12.2 Å². The first-order valence-electron chi connectivity index (χ1n) is 7.60. The van der Waals surface area contributed by atoms with Crippen LogP contribution in [0.2, 0.25) is 0 Å². The van der Waals surface area contributed by atoms with E-state index in [1.54, 1.807) is 4.90 Å². The Bertz CT molecular complexity index is 448. The van der Waals surface area contributed by atoms with Crippen LogP contribution >= 0.6 is 0 Å². The van der Waals surface area contributed by atoms with Crippen LogP contribution in [0, 0.1) is 11.6 Å². The number of hydrogen-bond acceptors (Lipinski definition) is 3. The molecule has 0 aromatic heterocycles. The van der Waals surface area contributed by atoms with Crippen LogP contribution in [-0.2, 0) is 11.3 Å². The Morgan fingerprint density at radius 3 is 2.29 bits per heavy atom. The van der Waals surface area contributed by atoms with Crippen LogP contribution in [0.5, 0.6) is 0 Å². The number of morpholine rings is 1. The second-order valence-electron chi connectivity index (χ2n) is 5.75. The van der Waals surface area contributed by atoms with Gasteiger partial charge in [-0.25, -0.2) is 8.78 Å². The molecule has 0 spiro atoms. The molecule has 1 aliphatic rings. The summed E-state index contributed by atoms with van der Waals surface area (Å²) >= 11 is 0. The fourth-order valence-corrected chi connectivity index (χ4v) is 2.79. The predicted molar refractivity (Wildman–Crippen MR) is 80.6 cm³/mol. The monoisotopic (exact) mass is 298 g/mol. The molecule has 1 fully saturated rings. The van der Waals surface area contributed by atoms with Gasteiger partial charge in [0.15, 0.2) is 0 Å². The topological polar surface area (TPSA) is 24.5 Å². The van der Waals surface area contributed by atoms with Crippen LogP contribution in [0.3, 0.4) is 0 Å². The van der Waals surface area contributed by atoms with Crippen molar-refractivity contribution < 1.29 is 13.5 Å². The molecule has 2 rings (SSSR count). The number of ether oxygens (including phenoxy) is 1. The van der Waals surface area contributed by atoms with Gasteiger partial charge in [0.2, 0.25) is 0 Å². The maximum atomic E-state index is 14.3. The lowest BCUT2D eigenvalue weighted by molar-refractivity contribution is -0.00558. The SMILES string of the molecule is CCCNCc1cc(F)c(N2CC(C)OC(C)C2)c(F)c1.